The zero-order valence-corrected chi connectivity index (χ0v) is 11.0. The SMILES string of the molecule is O=S(=O)(CC1CCCNC1)NCCOCC(F)F. The molecule has 1 aliphatic rings. The second kappa shape index (κ2) is 7.98. The predicted octanol–water partition coefficient (Wildman–Crippen LogP) is 0.187. The van der Waals surface area contributed by atoms with Gasteiger partial charge in [-0.3, -0.25) is 0 Å². The first-order valence-electron chi connectivity index (χ1n) is 6.03. The molecular weight excluding hydrogens is 266 g/mol. The van der Waals surface area contributed by atoms with Crippen molar-refractivity contribution in [2.24, 2.45) is 5.92 Å². The third-order valence-corrected chi connectivity index (χ3v) is 4.22. The maximum Gasteiger partial charge on any atom is 0.261 e. The second-order valence-electron chi connectivity index (χ2n) is 4.35. The molecule has 0 aromatic heterocycles. The van der Waals surface area contributed by atoms with Gasteiger partial charge in [-0.2, -0.15) is 0 Å². The molecule has 1 aliphatic heterocycles. The van der Waals surface area contributed by atoms with E-state index in [4.69, 9.17) is 0 Å². The van der Waals surface area contributed by atoms with Gasteiger partial charge in [0.1, 0.15) is 6.61 Å². The molecule has 0 aromatic rings. The maximum absolute atomic E-state index is 11.7. The van der Waals surface area contributed by atoms with Crippen LogP contribution in [0, 0.1) is 5.92 Å². The molecule has 2 N–H and O–H groups in total. The average Bonchev–Trinajstić information content (AvgIpc) is 2.28. The summed E-state index contributed by atoms with van der Waals surface area (Å²) in [5.41, 5.74) is 0. The molecule has 5 nitrogen and oxygen atoms in total. The molecule has 1 heterocycles. The highest BCUT2D eigenvalue weighted by Gasteiger charge is 2.20. The Morgan fingerprint density at radius 1 is 1.44 bits per heavy atom. The molecule has 0 saturated carbocycles. The number of hydrogen-bond acceptors (Lipinski definition) is 4. The van der Waals surface area contributed by atoms with Gasteiger partial charge in [0.05, 0.1) is 12.4 Å². The summed E-state index contributed by atoms with van der Waals surface area (Å²) in [6.07, 6.45) is -0.636. The molecule has 0 amide bonds. The van der Waals surface area contributed by atoms with Crippen LogP contribution in [0.2, 0.25) is 0 Å². The number of ether oxygens (including phenoxy) is 1. The number of nitrogens with one attached hydrogen (secondary N) is 2. The minimum absolute atomic E-state index is 0.0352. The number of halogens is 2. The van der Waals surface area contributed by atoms with Crippen molar-refractivity contribution in [3.05, 3.63) is 0 Å². The lowest BCUT2D eigenvalue weighted by Crippen LogP contribution is -2.38. The largest absolute Gasteiger partial charge is 0.374 e. The van der Waals surface area contributed by atoms with Crippen LogP contribution in [0.3, 0.4) is 0 Å². The Kier molecular flexibility index (Phi) is 6.98. The maximum atomic E-state index is 11.7. The number of sulfonamides is 1. The van der Waals surface area contributed by atoms with E-state index in [-0.39, 0.29) is 24.8 Å². The summed E-state index contributed by atoms with van der Waals surface area (Å²) in [4.78, 5) is 0. The van der Waals surface area contributed by atoms with Gasteiger partial charge in [0.15, 0.2) is 0 Å². The molecule has 1 rings (SSSR count). The standard InChI is InChI=1S/C10H20F2N2O3S/c11-10(12)7-17-5-4-14-18(15,16)8-9-2-1-3-13-6-9/h9-10,13-14H,1-8H2. The van der Waals surface area contributed by atoms with Gasteiger partial charge < -0.3 is 10.1 Å². The third kappa shape index (κ3) is 7.20. The first kappa shape index (κ1) is 15.7. The average molecular weight is 286 g/mol. The van der Waals surface area contributed by atoms with Crippen LogP contribution in [-0.2, 0) is 14.8 Å². The van der Waals surface area contributed by atoms with E-state index in [0.717, 1.165) is 19.4 Å². The minimum Gasteiger partial charge on any atom is -0.374 e. The summed E-state index contributed by atoms with van der Waals surface area (Å²) >= 11 is 0. The Bertz CT molecular complexity index is 319. The molecule has 0 radical (unpaired) electrons. The van der Waals surface area contributed by atoms with Crippen molar-refractivity contribution in [1.29, 1.82) is 0 Å². The Morgan fingerprint density at radius 2 is 2.22 bits per heavy atom. The van der Waals surface area contributed by atoms with Gasteiger partial charge >= 0.3 is 0 Å². The molecule has 18 heavy (non-hydrogen) atoms. The zero-order valence-electron chi connectivity index (χ0n) is 10.2. The van der Waals surface area contributed by atoms with Gasteiger partial charge in [0, 0.05) is 6.54 Å². The molecule has 108 valence electrons. The van der Waals surface area contributed by atoms with E-state index < -0.39 is 23.1 Å². The Labute approximate surface area is 106 Å². The summed E-state index contributed by atoms with van der Waals surface area (Å²) < 4.78 is 53.7. The first-order chi connectivity index (χ1) is 8.49. The van der Waals surface area contributed by atoms with Crippen LogP contribution >= 0.6 is 0 Å². The van der Waals surface area contributed by atoms with Crippen molar-refractivity contribution in [1.82, 2.24) is 10.0 Å². The van der Waals surface area contributed by atoms with E-state index >= 15 is 0 Å². The fourth-order valence-corrected chi connectivity index (χ4v) is 3.29. The summed E-state index contributed by atoms with van der Waals surface area (Å²) in [7, 11) is -3.34. The van der Waals surface area contributed by atoms with Crippen LogP contribution in [0.15, 0.2) is 0 Å². The van der Waals surface area contributed by atoms with Crippen LogP contribution in [0.1, 0.15) is 12.8 Å². The highest BCUT2D eigenvalue weighted by molar-refractivity contribution is 7.89. The monoisotopic (exact) mass is 286 g/mol. The van der Waals surface area contributed by atoms with Crippen LogP contribution in [0.4, 0.5) is 8.78 Å². The minimum atomic E-state index is -3.34. The Hall–Kier alpha value is -0.310. The molecule has 0 spiro atoms. The molecular formula is C10H20F2N2O3S. The molecule has 0 aromatic carbocycles. The molecule has 0 aliphatic carbocycles. The molecule has 8 heteroatoms. The topological polar surface area (TPSA) is 67.4 Å². The Balaban J connectivity index is 2.14. The van der Waals surface area contributed by atoms with Crippen molar-refractivity contribution < 1.29 is 21.9 Å². The van der Waals surface area contributed by atoms with Gasteiger partial charge in [-0.25, -0.2) is 21.9 Å². The zero-order chi connectivity index (χ0) is 13.4. The quantitative estimate of drug-likeness (QED) is 0.625. The van der Waals surface area contributed by atoms with Crippen LogP contribution in [0.25, 0.3) is 0 Å². The van der Waals surface area contributed by atoms with Gasteiger partial charge in [-0.15, -0.1) is 0 Å². The summed E-state index contributed by atoms with van der Waals surface area (Å²) in [6, 6.07) is 0. The molecule has 1 atom stereocenters. The summed E-state index contributed by atoms with van der Waals surface area (Å²) in [5.74, 6) is 0.202. The number of piperidine rings is 1. The highest BCUT2D eigenvalue weighted by Crippen LogP contribution is 2.11. The highest BCUT2D eigenvalue weighted by atomic mass is 32.2. The van der Waals surface area contributed by atoms with Crippen molar-refractivity contribution >= 4 is 10.0 Å². The van der Waals surface area contributed by atoms with E-state index in [0.29, 0.717) is 6.54 Å². The van der Waals surface area contributed by atoms with Gasteiger partial charge in [-0.1, -0.05) is 0 Å². The molecule has 1 fully saturated rings. The lowest BCUT2D eigenvalue weighted by molar-refractivity contribution is 0.0199. The molecule has 1 saturated heterocycles. The van der Waals surface area contributed by atoms with Crippen LogP contribution < -0.4 is 10.0 Å². The summed E-state index contributed by atoms with van der Waals surface area (Å²) in [6.45, 7) is 0.990. The van der Waals surface area contributed by atoms with Crippen molar-refractivity contribution in [3.8, 4) is 0 Å². The van der Waals surface area contributed by atoms with E-state index in [1.807, 2.05) is 0 Å². The summed E-state index contributed by atoms with van der Waals surface area (Å²) in [5, 5.41) is 3.15. The fraction of sp³-hybridized carbons (Fsp3) is 1.00. The fourth-order valence-electron chi connectivity index (χ4n) is 1.88. The lowest BCUT2D eigenvalue weighted by Gasteiger charge is -2.22. The number of rotatable bonds is 8. The van der Waals surface area contributed by atoms with Crippen molar-refractivity contribution in [2.45, 2.75) is 19.3 Å². The lowest BCUT2D eigenvalue weighted by atomic mass is 10.0. The van der Waals surface area contributed by atoms with Crippen LogP contribution in [0.5, 0.6) is 0 Å². The predicted molar refractivity (Wildman–Crippen MR) is 64.2 cm³/mol. The normalized spacial score (nSPS) is 21.4. The van der Waals surface area contributed by atoms with E-state index in [2.05, 4.69) is 14.8 Å². The van der Waals surface area contributed by atoms with Gasteiger partial charge in [0.2, 0.25) is 10.0 Å². The smallest absolute Gasteiger partial charge is 0.261 e. The Morgan fingerprint density at radius 3 is 2.83 bits per heavy atom. The van der Waals surface area contributed by atoms with E-state index in [9.17, 15) is 17.2 Å². The molecule has 0 bridgehead atoms. The number of hydrogen-bond donors (Lipinski definition) is 2. The second-order valence-corrected chi connectivity index (χ2v) is 6.21. The van der Waals surface area contributed by atoms with Crippen LogP contribution in [-0.4, -0.2) is 53.4 Å². The van der Waals surface area contributed by atoms with Gasteiger partial charge in [-0.05, 0) is 31.8 Å². The number of alkyl halides is 2. The molecule has 1 unspecified atom stereocenters. The van der Waals surface area contributed by atoms with E-state index in [1.165, 1.54) is 0 Å². The van der Waals surface area contributed by atoms with E-state index in [1.54, 1.807) is 0 Å². The third-order valence-electron chi connectivity index (χ3n) is 2.67. The first-order valence-corrected chi connectivity index (χ1v) is 7.69. The van der Waals surface area contributed by atoms with Crippen molar-refractivity contribution in [2.75, 3.05) is 38.6 Å². The van der Waals surface area contributed by atoms with Gasteiger partial charge in [0.25, 0.3) is 6.43 Å². The van der Waals surface area contributed by atoms with Crippen molar-refractivity contribution in [3.63, 3.8) is 0 Å².